The molecule has 0 aromatic heterocycles. The lowest BCUT2D eigenvalue weighted by Crippen LogP contribution is -2.25. The van der Waals surface area contributed by atoms with Crippen molar-refractivity contribution in [1.82, 2.24) is 0 Å². The molecule has 1 N–H and O–H groups in total. The van der Waals surface area contributed by atoms with E-state index in [0.717, 1.165) is 10.0 Å². The predicted octanol–water partition coefficient (Wildman–Crippen LogP) is 3.41. The number of phenolic OH excluding ortho intramolecular Hbond substituents is 1. The molecule has 2 aromatic rings. The van der Waals surface area contributed by atoms with Crippen LogP contribution in [0.2, 0.25) is 0 Å². The van der Waals surface area contributed by atoms with Crippen molar-refractivity contribution in [3.05, 3.63) is 52.0 Å². The standard InChI is InChI=1S/C16H13BrO4/c1-20-15-4-2-9(7-12(15)18)16-13(19)8-10-6-11(17)3-5-14(10)21-16/h2-7,16,18H,8H2,1H3. The van der Waals surface area contributed by atoms with Crippen LogP contribution in [0, 0.1) is 0 Å². The second-order valence-corrected chi connectivity index (χ2v) is 5.74. The minimum atomic E-state index is -0.699. The number of benzene rings is 2. The first kappa shape index (κ1) is 13.9. The van der Waals surface area contributed by atoms with Gasteiger partial charge < -0.3 is 14.6 Å². The van der Waals surface area contributed by atoms with Crippen molar-refractivity contribution >= 4 is 21.7 Å². The number of phenols is 1. The third kappa shape index (κ3) is 2.61. The number of Topliss-reactive ketones (excluding diaryl/α,β-unsaturated/α-hetero) is 1. The Balaban J connectivity index is 1.95. The Hall–Kier alpha value is -2.01. The number of halogens is 1. The minimum Gasteiger partial charge on any atom is -0.504 e. The van der Waals surface area contributed by atoms with Crippen molar-refractivity contribution in [2.45, 2.75) is 12.5 Å². The van der Waals surface area contributed by atoms with Crippen molar-refractivity contribution < 1.29 is 19.4 Å². The van der Waals surface area contributed by atoms with Crippen LogP contribution in [0.15, 0.2) is 40.9 Å². The maximum absolute atomic E-state index is 12.3. The van der Waals surface area contributed by atoms with E-state index in [2.05, 4.69) is 15.9 Å². The molecule has 21 heavy (non-hydrogen) atoms. The number of rotatable bonds is 2. The normalized spacial score (nSPS) is 17.0. The van der Waals surface area contributed by atoms with Gasteiger partial charge in [0.15, 0.2) is 23.4 Å². The van der Waals surface area contributed by atoms with E-state index in [9.17, 15) is 9.90 Å². The Labute approximate surface area is 130 Å². The summed E-state index contributed by atoms with van der Waals surface area (Å²) in [5.41, 5.74) is 1.48. The zero-order valence-corrected chi connectivity index (χ0v) is 12.9. The van der Waals surface area contributed by atoms with E-state index >= 15 is 0 Å². The molecule has 0 radical (unpaired) electrons. The smallest absolute Gasteiger partial charge is 0.182 e. The van der Waals surface area contributed by atoms with Gasteiger partial charge in [0.05, 0.1) is 7.11 Å². The van der Waals surface area contributed by atoms with Gasteiger partial charge in [-0.05, 0) is 30.3 Å². The molecule has 4 nitrogen and oxygen atoms in total. The summed E-state index contributed by atoms with van der Waals surface area (Å²) in [6.45, 7) is 0. The first-order valence-corrected chi connectivity index (χ1v) is 7.22. The van der Waals surface area contributed by atoms with Crippen LogP contribution < -0.4 is 9.47 Å². The number of carbonyl (C=O) groups is 1. The topological polar surface area (TPSA) is 55.8 Å². The second-order valence-electron chi connectivity index (χ2n) is 4.82. The quantitative estimate of drug-likeness (QED) is 0.903. The molecule has 0 aliphatic carbocycles. The van der Waals surface area contributed by atoms with Gasteiger partial charge >= 0.3 is 0 Å². The Morgan fingerprint density at radius 2 is 2.10 bits per heavy atom. The van der Waals surface area contributed by atoms with E-state index in [1.54, 1.807) is 12.1 Å². The van der Waals surface area contributed by atoms with Gasteiger partial charge in [-0.3, -0.25) is 4.79 Å². The molecule has 0 spiro atoms. The molecule has 1 atom stereocenters. The van der Waals surface area contributed by atoms with Gasteiger partial charge in [0.2, 0.25) is 0 Å². The van der Waals surface area contributed by atoms with Crippen LogP contribution in [0.3, 0.4) is 0 Å². The molecule has 5 heteroatoms. The third-order valence-corrected chi connectivity index (χ3v) is 3.92. The number of aromatic hydroxyl groups is 1. The second kappa shape index (κ2) is 5.41. The summed E-state index contributed by atoms with van der Waals surface area (Å²) >= 11 is 3.38. The lowest BCUT2D eigenvalue weighted by molar-refractivity contribution is -0.126. The van der Waals surface area contributed by atoms with Crippen molar-refractivity contribution in [1.29, 1.82) is 0 Å². The van der Waals surface area contributed by atoms with E-state index < -0.39 is 6.10 Å². The summed E-state index contributed by atoms with van der Waals surface area (Å²) in [5.74, 6) is 1.02. The highest BCUT2D eigenvalue weighted by Crippen LogP contribution is 2.36. The minimum absolute atomic E-state index is 0.00648. The summed E-state index contributed by atoms with van der Waals surface area (Å²) in [6.07, 6.45) is -0.387. The average molecular weight is 349 g/mol. The molecule has 0 fully saturated rings. The van der Waals surface area contributed by atoms with E-state index in [4.69, 9.17) is 9.47 Å². The molecule has 0 amide bonds. The molecule has 1 unspecified atom stereocenters. The molecule has 108 valence electrons. The van der Waals surface area contributed by atoms with Gasteiger partial charge in [-0.25, -0.2) is 0 Å². The summed E-state index contributed by atoms with van der Waals surface area (Å²) in [6, 6.07) is 10.4. The zero-order chi connectivity index (χ0) is 15.0. The summed E-state index contributed by atoms with van der Waals surface area (Å²) < 4.78 is 11.7. The van der Waals surface area contributed by atoms with Gasteiger partial charge in [-0.15, -0.1) is 0 Å². The Kier molecular flexibility index (Phi) is 3.59. The van der Waals surface area contributed by atoms with Gasteiger partial charge in [-0.2, -0.15) is 0 Å². The largest absolute Gasteiger partial charge is 0.504 e. The van der Waals surface area contributed by atoms with E-state index in [-0.39, 0.29) is 11.5 Å². The van der Waals surface area contributed by atoms with Crippen LogP contribution in [0.25, 0.3) is 0 Å². The lowest BCUT2D eigenvalue weighted by atomic mass is 9.96. The van der Waals surface area contributed by atoms with Crippen LogP contribution in [-0.4, -0.2) is 18.0 Å². The summed E-state index contributed by atoms with van der Waals surface area (Å²) in [5, 5.41) is 9.84. The highest BCUT2D eigenvalue weighted by molar-refractivity contribution is 9.10. The number of methoxy groups -OCH3 is 1. The highest BCUT2D eigenvalue weighted by atomic mass is 79.9. The molecule has 0 bridgehead atoms. The summed E-state index contributed by atoms with van der Waals surface area (Å²) in [7, 11) is 1.48. The third-order valence-electron chi connectivity index (χ3n) is 3.43. The Morgan fingerprint density at radius 1 is 1.29 bits per heavy atom. The number of carbonyl (C=O) groups excluding carboxylic acids is 1. The molecule has 1 heterocycles. The van der Waals surface area contributed by atoms with E-state index in [0.29, 0.717) is 23.5 Å². The van der Waals surface area contributed by atoms with Gasteiger partial charge in [0, 0.05) is 22.0 Å². The summed E-state index contributed by atoms with van der Waals surface area (Å²) in [4.78, 5) is 12.3. The van der Waals surface area contributed by atoms with Crippen LogP contribution in [0.4, 0.5) is 0 Å². The maximum Gasteiger partial charge on any atom is 0.182 e. The molecule has 0 saturated heterocycles. The van der Waals surface area contributed by atoms with Crippen molar-refractivity contribution in [3.63, 3.8) is 0 Å². The first-order chi connectivity index (χ1) is 10.1. The van der Waals surface area contributed by atoms with Crippen molar-refractivity contribution in [3.8, 4) is 17.2 Å². The van der Waals surface area contributed by atoms with Crippen LogP contribution in [0.1, 0.15) is 17.2 Å². The highest BCUT2D eigenvalue weighted by Gasteiger charge is 2.29. The van der Waals surface area contributed by atoms with Crippen molar-refractivity contribution in [2.75, 3.05) is 7.11 Å². The van der Waals surface area contributed by atoms with Gasteiger partial charge in [-0.1, -0.05) is 22.0 Å². The monoisotopic (exact) mass is 348 g/mol. The fourth-order valence-corrected chi connectivity index (χ4v) is 2.81. The fraction of sp³-hybridized carbons (Fsp3) is 0.188. The molecule has 1 aliphatic rings. The van der Waals surface area contributed by atoms with Crippen LogP contribution in [-0.2, 0) is 11.2 Å². The average Bonchev–Trinajstić information content (AvgIpc) is 2.46. The molecular formula is C16H13BrO4. The molecule has 2 aromatic carbocycles. The van der Waals surface area contributed by atoms with E-state index in [1.807, 2.05) is 18.2 Å². The Morgan fingerprint density at radius 3 is 2.81 bits per heavy atom. The number of fused-ring (bicyclic) bond motifs is 1. The number of ketones is 1. The van der Waals surface area contributed by atoms with Gasteiger partial charge in [0.1, 0.15) is 5.75 Å². The SMILES string of the molecule is COc1ccc(C2Oc3ccc(Br)cc3CC2=O)cc1O. The molecule has 1 aliphatic heterocycles. The number of ether oxygens (including phenoxy) is 2. The first-order valence-electron chi connectivity index (χ1n) is 6.43. The molecular weight excluding hydrogens is 336 g/mol. The van der Waals surface area contributed by atoms with Crippen LogP contribution >= 0.6 is 15.9 Å². The van der Waals surface area contributed by atoms with Gasteiger partial charge in [0.25, 0.3) is 0 Å². The Bertz CT molecular complexity index is 711. The maximum atomic E-state index is 12.3. The fourth-order valence-electron chi connectivity index (χ4n) is 2.40. The van der Waals surface area contributed by atoms with E-state index in [1.165, 1.54) is 13.2 Å². The zero-order valence-electron chi connectivity index (χ0n) is 11.3. The number of hydrogen-bond donors (Lipinski definition) is 1. The molecule has 3 rings (SSSR count). The van der Waals surface area contributed by atoms with Crippen LogP contribution in [0.5, 0.6) is 17.2 Å². The molecule has 0 saturated carbocycles. The predicted molar refractivity (Wildman–Crippen MR) is 80.9 cm³/mol. The number of hydrogen-bond acceptors (Lipinski definition) is 4. The lowest BCUT2D eigenvalue weighted by Gasteiger charge is -2.25. The van der Waals surface area contributed by atoms with Crippen molar-refractivity contribution in [2.24, 2.45) is 0 Å².